The Labute approximate surface area is 174 Å². The Morgan fingerprint density at radius 1 is 1.07 bits per heavy atom. The number of halogens is 1. The van der Waals surface area contributed by atoms with Crippen molar-refractivity contribution in [1.82, 2.24) is 5.43 Å². The number of carbonyl (C=O) groups is 1. The van der Waals surface area contributed by atoms with Crippen LogP contribution < -0.4 is 20.2 Å². The first-order valence-electron chi connectivity index (χ1n) is 9.26. The lowest BCUT2D eigenvalue weighted by atomic mass is 10.2. The number of benzene rings is 3. The Morgan fingerprint density at radius 3 is 2.67 bits per heavy atom. The molecule has 0 bridgehead atoms. The Balaban J connectivity index is 1.58. The average Bonchev–Trinajstić information content (AvgIpc) is 2.74. The number of urea groups is 1. The van der Waals surface area contributed by atoms with Gasteiger partial charge < -0.3 is 14.8 Å². The van der Waals surface area contributed by atoms with E-state index in [1.807, 2.05) is 31.2 Å². The number of para-hydroxylation sites is 1. The summed E-state index contributed by atoms with van der Waals surface area (Å²) < 4.78 is 24.4. The highest BCUT2D eigenvalue weighted by Crippen LogP contribution is 2.28. The maximum absolute atomic E-state index is 13.3. The van der Waals surface area contributed by atoms with Crippen molar-refractivity contribution in [3.63, 3.8) is 0 Å². The molecule has 0 aliphatic rings. The SMILES string of the molecule is COc1cc(C=NNC(=O)Nc2ccccc2C)ccc1OCc1cccc(F)c1. The monoisotopic (exact) mass is 407 g/mol. The molecule has 3 aromatic rings. The van der Waals surface area contributed by atoms with E-state index >= 15 is 0 Å². The van der Waals surface area contributed by atoms with Gasteiger partial charge in [0, 0.05) is 5.69 Å². The fraction of sp³-hybridized carbons (Fsp3) is 0.130. The maximum Gasteiger partial charge on any atom is 0.339 e. The van der Waals surface area contributed by atoms with E-state index in [1.165, 1.54) is 25.5 Å². The molecule has 0 aliphatic carbocycles. The Kier molecular flexibility index (Phi) is 7.00. The minimum atomic E-state index is -0.442. The Morgan fingerprint density at radius 2 is 1.90 bits per heavy atom. The summed E-state index contributed by atoms with van der Waals surface area (Å²) in [5, 5.41) is 6.68. The second-order valence-corrected chi connectivity index (χ2v) is 6.47. The van der Waals surface area contributed by atoms with Crippen molar-refractivity contribution >= 4 is 17.9 Å². The fourth-order valence-electron chi connectivity index (χ4n) is 2.70. The van der Waals surface area contributed by atoms with Crippen molar-refractivity contribution in [2.24, 2.45) is 5.10 Å². The summed E-state index contributed by atoms with van der Waals surface area (Å²) in [6.45, 7) is 2.12. The van der Waals surface area contributed by atoms with Crippen molar-refractivity contribution in [3.05, 3.63) is 89.2 Å². The van der Waals surface area contributed by atoms with Crippen LogP contribution in [0.25, 0.3) is 0 Å². The summed E-state index contributed by atoms with van der Waals surface area (Å²) in [6, 6.07) is 18.5. The lowest BCUT2D eigenvalue weighted by molar-refractivity contribution is 0.252. The van der Waals surface area contributed by atoms with Gasteiger partial charge in [0.25, 0.3) is 0 Å². The number of hydrogen-bond acceptors (Lipinski definition) is 4. The number of hydrazone groups is 1. The van der Waals surface area contributed by atoms with Gasteiger partial charge in [-0.15, -0.1) is 0 Å². The quantitative estimate of drug-likeness (QED) is 0.433. The van der Waals surface area contributed by atoms with Gasteiger partial charge in [-0.25, -0.2) is 14.6 Å². The zero-order valence-corrected chi connectivity index (χ0v) is 16.7. The van der Waals surface area contributed by atoms with Gasteiger partial charge >= 0.3 is 6.03 Å². The van der Waals surface area contributed by atoms with Crippen LogP contribution in [-0.2, 0) is 6.61 Å². The van der Waals surface area contributed by atoms with Crippen molar-refractivity contribution < 1.29 is 18.7 Å². The molecule has 0 atom stereocenters. The van der Waals surface area contributed by atoms with Gasteiger partial charge in [0.2, 0.25) is 0 Å². The second-order valence-electron chi connectivity index (χ2n) is 6.47. The van der Waals surface area contributed by atoms with Crippen LogP contribution >= 0.6 is 0 Å². The third-order valence-electron chi connectivity index (χ3n) is 4.24. The molecule has 0 radical (unpaired) electrons. The van der Waals surface area contributed by atoms with Crippen molar-refractivity contribution in [3.8, 4) is 11.5 Å². The molecule has 2 N–H and O–H groups in total. The van der Waals surface area contributed by atoms with E-state index in [0.717, 1.165) is 5.56 Å². The third-order valence-corrected chi connectivity index (χ3v) is 4.24. The highest BCUT2D eigenvalue weighted by Gasteiger charge is 2.07. The molecule has 0 saturated carbocycles. The van der Waals surface area contributed by atoms with Gasteiger partial charge in [0.05, 0.1) is 13.3 Å². The fourth-order valence-corrected chi connectivity index (χ4v) is 2.70. The van der Waals surface area contributed by atoms with E-state index in [1.54, 1.807) is 30.3 Å². The van der Waals surface area contributed by atoms with Crippen LogP contribution in [0.2, 0.25) is 0 Å². The molecular formula is C23H22FN3O3. The molecule has 2 amide bonds. The molecule has 3 rings (SSSR count). The molecule has 0 heterocycles. The summed E-state index contributed by atoms with van der Waals surface area (Å²) >= 11 is 0. The first-order chi connectivity index (χ1) is 14.5. The van der Waals surface area contributed by atoms with E-state index in [0.29, 0.717) is 28.3 Å². The van der Waals surface area contributed by atoms with Crippen LogP contribution in [0.4, 0.5) is 14.9 Å². The second kappa shape index (κ2) is 10.1. The number of ether oxygens (including phenoxy) is 2. The highest BCUT2D eigenvalue weighted by atomic mass is 19.1. The molecule has 0 spiro atoms. The molecule has 0 saturated heterocycles. The van der Waals surface area contributed by atoms with Crippen LogP contribution in [0.1, 0.15) is 16.7 Å². The number of aryl methyl sites for hydroxylation is 1. The molecule has 0 fully saturated rings. The predicted molar refractivity (Wildman–Crippen MR) is 115 cm³/mol. The number of amides is 2. The van der Waals surface area contributed by atoms with E-state index in [-0.39, 0.29) is 12.4 Å². The molecule has 30 heavy (non-hydrogen) atoms. The van der Waals surface area contributed by atoms with E-state index < -0.39 is 6.03 Å². The summed E-state index contributed by atoms with van der Waals surface area (Å²) in [4.78, 5) is 12.0. The van der Waals surface area contributed by atoms with Gasteiger partial charge in [-0.1, -0.05) is 30.3 Å². The van der Waals surface area contributed by atoms with Crippen molar-refractivity contribution in [2.45, 2.75) is 13.5 Å². The van der Waals surface area contributed by atoms with Gasteiger partial charge in [0.15, 0.2) is 11.5 Å². The Hall–Kier alpha value is -3.87. The molecular weight excluding hydrogens is 385 g/mol. The predicted octanol–water partition coefficient (Wildman–Crippen LogP) is 4.88. The van der Waals surface area contributed by atoms with Gasteiger partial charge in [0.1, 0.15) is 12.4 Å². The molecule has 0 aliphatic heterocycles. The zero-order chi connectivity index (χ0) is 21.3. The number of hydrogen-bond donors (Lipinski definition) is 2. The first kappa shape index (κ1) is 20.9. The normalized spacial score (nSPS) is 10.6. The van der Waals surface area contributed by atoms with Gasteiger partial charge in [-0.2, -0.15) is 5.10 Å². The van der Waals surface area contributed by atoms with Crippen molar-refractivity contribution in [1.29, 1.82) is 0 Å². The lowest BCUT2D eigenvalue weighted by Gasteiger charge is -2.11. The van der Waals surface area contributed by atoms with Crippen LogP contribution in [0.15, 0.2) is 71.8 Å². The van der Waals surface area contributed by atoms with E-state index in [9.17, 15) is 9.18 Å². The molecule has 0 aromatic heterocycles. The molecule has 7 heteroatoms. The number of rotatable bonds is 7. The number of anilines is 1. The molecule has 3 aromatic carbocycles. The van der Waals surface area contributed by atoms with Crippen LogP contribution in [0, 0.1) is 12.7 Å². The third kappa shape index (κ3) is 5.81. The topological polar surface area (TPSA) is 72.0 Å². The number of nitrogens with zero attached hydrogens (tertiary/aromatic N) is 1. The van der Waals surface area contributed by atoms with Crippen molar-refractivity contribution in [2.75, 3.05) is 12.4 Å². The number of carbonyl (C=O) groups excluding carboxylic acids is 1. The maximum atomic E-state index is 13.3. The summed E-state index contributed by atoms with van der Waals surface area (Å²) in [6.07, 6.45) is 1.50. The van der Waals surface area contributed by atoms with E-state index in [4.69, 9.17) is 9.47 Å². The molecule has 0 unspecified atom stereocenters. The van der Waals surface area contributed by atoms with Gasteiger partial charge in [-0.05, 0) is 60.0 Å². The summed E-state index contributed by atoms with van der Waals surface area (Å²) in [5.41, 5.74) is 5.51. The smallest absolute Gasteiger partial charge is 0.339 e. The minimum absolute atomic E-state index is 0.211. The van der Waals surface area contributed by atoms with Crippen LogP contribution in [-0.4, -0.2) is 19.4 Å². The first-order valence-corrected chi connectivity index (χ1v) is 9.26. The Bertz CT molecular complexity index is 1050. The lowest BCUT2D eigenvalue weighted by Crippen LogP contribution is -2.24. The highest BCUT2D eigenvalue weighted by molar-refractivity contribution is 5.91. The van der Waals surface area contributed by atoms with Crippen LogP contribution in [0.3, 0.4) is 0 Å². The molecule has 6 nitrogen and oxygen atoms in total. The minimum Gasteiger partial charge on any atom is -0.493 e. The number of nitrogens with one attached hydrogen (secondary N) is 2. The zero-order valence-electron chi connectivity index (χ0n) is 16.7. The van der Waals surface area contributed by atoms with Gasteiger partial charge in [-0.3, -0.25) is 0 Å². The standard InChI is InChI=1S/C23H22FN3O3/c1-16-6-3-4-9-20(16)26-23(28)27-25-14-17-10-11-21(22(13-17)29-2)30-15-18-7-5-8-19(24)12-18/h3-14H,15H2,1-2H3,(H2,26,27,28). The average molecular weight is 407 g/mol. The molecule has 154 valence electrons. The summed E-state index contributed by atoms with van der Waals surface area (Å²) in [5.74, 6) is 0.706. The van der Waals surface area contributed by atoms with E-state index in [2.05, 4.69) is 15.8 Å². The number of methoxy groups -OCH3 is 1. The largest absolute Gasteiger partial charge is 0.493 e. The van der Waals surface area contributed by atoms with Crippen LogP contribution in [0.5, 0.6) is 11.5 Å². The summed E-state index contributed by atoms with van der Waals surface area (Å²) in [7, 11) is 1.53.